The Kier molecular flexibility index (Phi) is 5.34. The van der Waals surface area contributed by atoms with Crippen molar-refractivity contribution in [3.63, 3.8) is 0 Å². The predicted molar refractivity (Wildman–Crippen MR) is 78.1 cm³/mol. The first-order valence-corrected chi connectivity index (χ1v) is 7.29. The Labute approximate surface area is 136 Å². The summed E-state index contributed by atoms with van der Waals surface area (Å²) < 4.78 is 55.9. The zero-order valence-electron chi connectivity index (χ0n) is 13.0. The number of piperidine rings is 1. The number of likely N-dealkylation sites (tertiary alicyclic amines) is 1. The van der Waals surface area contributed by atoms with Crippen LogP contribution in [-0.2, 0) is 10.9 Å². The fraction of sp³-hybridized carbons (Fsp3) is 0.533. The number of nitrogens with one attached hydrogen (secondary N) is 1. The van der Waals surface area contributed by atoms with E-state index in [2.05, 4.69) is 5.32 Å². The third-order valence-corrected chi connectivity index (χ3v) is 3.92. The molecule has 2 rings (SSSR count). The number of hydrogen-bond donors (Lipinski definition) is 2. The minimum absolute atomic E-state index is 0.0665. The number of carbonyl (C=O) groups excluding carboxylic acids is 1. The molecule has 0 spiro atoms. The second kappa shape index (κ2) is 6.94. The second-order valence-electron chi connectivity index (χ2n) is 5.77. The zero-order chi connectivity index (χ0) is 18.0. The highest BCUT2D eigenvalue weighted by molar-refractivity contribution is 5.89. The summed E-state index contributed by atoms with van der Waals surface area (Å²) in [6, 6.07) is 1.65. The molecule has 2 amide bonds. The van der Waals surface area contributed by atoms with Gasteiger partial charge < -0.3 is 20.1 Å². The maximum absolute atomic E-state index is 13.5. The van der Waals surface area contributed by atoms with Gasteiger partial charge in [0.25, 0.3) is 0 Å². The van der Waals surface area contributed by atoms with Crippen LogP contribution in [0.2, 0.25) is 0 Å². The number of halogens is 4. The number of anilines is 1. The number of alkyl halides is 3. The first-order chi connectivity index (χ1) is 11.1. The van der Waals surface area contributed by atoms with Crippen molar-refractivity contribution in [3.8, 4) is 0 Å². The Morgan fingerprint density at radius 3 is 2.50 bits per heavy atom. The number of benzene rings is 1. The van der Waals surface area contributed by atoms with Gasteiger partial charge in [0.1, 0.15) is 5.82 Å². The van der Waals surface area contributed by atoms with Crippen molar-refractivity contribution < 1.29 is 32.2 Å². The number of aliphatic hydroxyl groups is 1. The highest BCUT2D eigenvalue weighted by Crippen LogP contribution is 2.32. The van der Waals surface area contributed by atoms with Crippen LogP contribution < -0.4 is 5.32 Å². The molecule has 0 atom stereocenters. The van der Waals surface area contributed by atoms with E-state index in [1.807, 2.05) is 0 Å². The molecule has 1 heterocycles. The predicted octanol–water partition coefficient (Wildman–Crippen LogP) is 2.85. The van der Waals surface area contributed by atoms with E-state index in [-0.39, 0.29) is 25.4 Å². The van der Waals surface area contributed by atoms with E-state index < -0.39 is 29.2 Å². The van der Waals surface area contributed by atoms with E-state index >= 15 is 0 Å². The number of methoxy groups -OCH3 is 1. The van der Waals surface area contributed by atoms with Gasteiger partial charge in [-0.05, 0) is 31.0 Å². The van der Waals surface area contributed by atoms with Gasteiger partial charge in [0.15, 0.2) is 0 Å². The summed E-state index contributed by atoms with van der Waals surface area (Å²) in [5.41, 5.74) is -2.45. The Morgan fingerprint density at radius 1 is 1.38 bits per heavy atom. The van der Waals surface area contributed by atoms with Gasteiger partial charge in [-0.2, -0.15) is 13.2 Å². The highest BCUT2D eigenvalue weighted by atomic mass is 19.4. The molecular weight excluding hydrogens is 332 g/mol. The van der Waals surface area contributed by atoms with Crippen LogP contribution in [-0.4, -0.2) is 48.4 Å². The topological polar surface area (TPSA) is 61.8 Å². The molecule has 0 bridgehead atoms. The van der Waals surface area contributed by atoms with Crippen LogP contribution in [0.1, 0.15) is 18.4 Å². The van der Waals surface area contributed by atoms with Crippen LogP contribution in [0.4, 0.5) is 28.0 Å². The van der Waals surface area contributed by atoms with Crippen molar-refractivity contribution in [2.75, 3.05) is 32.1 Å². The molecule has 1 saturated heterocycles. The Bertz CT molecular complexity index is 599. The van der Waals surface area contributed by atoms with Crippen molar-refractivity contribution in [1.29, 1.82) is 0 Å². The van der Waals surface area contributed by atoms with Crippen LogP contribution in [0.3, 0.4) is 0 Å². The van der Waals surface area contributed by atoms with Crippen LogP contribution in [0, 0.1) is 5.82 Å². The average molecular weight is 350 g/mol. The van der Waals surface area contributed by atoms with E-state index in [9.17, 15) is 27.5 Å². The molecule has 2 N–H and O–H groups in total. The summed E-state index contributed by atoms with van der Waals surface area (Å²) in [5, 5.41) is 12.5. The van der Waals surface area contributed by atoms with Crippen LogP contribution >= 0.6 is 0 Å². The molecule has 0 aromatic heterocycles. The van der Waals surface area contributed by atoms with Crippen molar-refractivity contribution in [1.82, 2.24) is 4.90 Å². The minimum Gasteiger partial charge on any atom is -0.387 e. The molecule has 5 nitrogen and oxygen atoms in total. The molecule has 0 aliphatic carbocycles. The number of nitrogens with zero attached hydrogens (tertiary/aromatic N) is 1. The molecule has 1 aliphatic rings. The minimum atomic E-state index is -4.79. The lowest BCUT2D eigenvalue weighted by molar-refractivity contribution is -0.139. The summed E-state index contributed by atoms with van der Waals surface area (Å²) in [4.78, 5) is 13.5. The van der Waals surface area contributed by atoms with E-state index in [0.29, 0.717) is 25.0 Å². The SMILES string of the molecule is COCC1(O)CCN(C(=O)Nc2ccc(C(F)(F)F)c(F)c2)CC1. The van der Waals surface area contributed by atoms with Crippen molar-refractivity contribution in [2.45, 2.75) is 24.6 Å². The second-order valence-corrected chi connectivity index (χ2v) is 5.77. The standard InChI is InChI=1S/C15H18F4N2O3/c1-24-9-14(23)4-6-21(7-5-14)13(22)20-10-2-3-11(12(16)8-10)15(17,18)19/h2-3,8,23H,4-7,9H2,1H3,(H,20,22). The van der Waals surface area contributed by atoms with Gasteiger partial charge in [-0.25, -0.2) is 9.18 Å². The van der Waals surface area contributed by atoms with Crippen molar-refractivity contribution in [3.05, 3.63) is 29.6 Å². The summed E-state index contributed by atoms with van der Waals surface area (Å²) in [5.74, 6) is -1.45. The molecule has 1 fully saturated rings. The number of ether oxygens (including phenoxy) is 1. The molecule has 0 unspecified atom stereocenters. The fourth-order valence-electron chi connectivity index (χ4n) is 2.56. The van der Waals surface area contributed by atoms with Gasteiger partial charge in [-0.3, -0.25) is 0 Å². The first kappa shape index (κ1) is 18.5. The number of hydrogen-bond acceptors (Lipinski definition) is 3. The lowest BCUT2D eigenvalue weighted by atomic mass is 9.92. The van der Waals surface area contributed by atoms with E-state index in [0.717, 1.165) is 6.07 Å². The normalized spacial score (nSPS) is 17.7. The van der Waals surface area contributed by atoms with E-state index in [4.69, 9.17) is 4.74 Å². The number of rotatable bonds is 3. The average Bonchev–Trinajstić information content (AvgIpc) is 2.46. The molecular formula is C15H18F4N2O3. The highest BCUT2D eigenvalue weighted by Gasteiger charge is 2.35. The Balaban J connectivity index is 1.97. The Hall–Kier alpha value is -1.87. The largest absolute Gasteiger partial charge is 0.419 e. The molecule has 24 heavy (non-hydrogen) atoms. The maximum Gasteiger partial charge on any atom is 0.419 e. The third kappa shape index (κ3) is 4.35. The van der Waals surface area contributed by atoms with Gasteiger partial charge in [0.2, 0.25) is 0 Å². The summed E-state index contributed by atoms with van der Waals surface area (Å²) in [7, 11) is 1.47. The molecule has 1 aromatic rings. The molecule has 9 heteroatoms. The molecule has 0 radical (unpaired) electrons. The number of carbonyl (C=O) groups is 1. The van der Waals surface area contributed by atoms with Gasteiger partial charge in [0, 0.05) is 25.9 Å². The fourth-order valence-corrected chi connectivity index (χ4v) is 2.56. The molecule has 1 aromatic carbocycles. The first-order valence-electron chi connectivity index (χ1n) is 7.29. The summed E-state index contributed by atoms with van der Waals surface area (Å²) >= 11 is 0. The summed E-state index contributed by atoms with van der Waals surface area (Å²) in [6.07, 6.45) is -4.16. The monoisotopic (exact) mass is 350 g/mol. The number of urea groups is 1. The van der Waals surface area contributed by atoms with Crippen molar-refractivity contribution in [2.24, 2.45) is 0 Å². The van der Waals surface area contributed by atoms with Gasteiger partial charge in [0.05, 0.1) is 17.8 Å². The quantitative estimate of drug-likeness (QED) is 0.824. The van der Waals surface area contributed by atoms with E-state index in [1.165, 1.54) is 12.0 Å². The lowest BCUT2D eigenvalue weighted by Crippen LogP contribution is -2.49. The van der Waals surface area contributed by atoms with Crippen molar-refractivity contribution >= 4 is 11.7 Å². The van der Waals surface area contributed by atoms with Crippen LogP contribution in [0.25, 0.3) is 0 Å². The Morgan fingerprint density at radius 2 is 2.00 bits per heavy atom. The smallest absolute Gasteiger partial charge is 0.387 e. The van der Waals surface area contributed by atoms with Crippen LogP contribution in [0.15, 0.2) is 18.2 Å². The van der Waals surface area contributed by atoms with Gasteiger partial charge >= 0.3 is 12.2 Å². The third-order valence-electron chi connectivity index (χ3n) is 3.92. The van der Waals surface area contributed by atoms with Gasteiger partial charge in [-0.1, -0.05) is 0 Å². The zero-order valence-corrected chi connectivity index (χ0v) is 13.0. The van der Waals surface area contributed by atoms with Crippen LogP contribution in [0.5, 0.6) is 0 Å². The summed E-state index contributed by atoms with van der Waals surface area (Å²) in [6.45, 7) is 0.677. The molecule has 0 saturated carbocycles. The van der Waals surface area contributed by atoms with Gasteiger partial charge in [-0.15, -0.1) is 0 Å². The molecule has 134 valence electrons. The van der Waals surface area contributed by atoms with E-state index in [1.54, 1.807) is 0 Å². The number of amides is 2. The molecule has 1 aliphatic heterocycles. The maximum atomic E-state index is 13.5. The lowest BCUT2D eigenvalue weighted by Gasteiger charge is -2.37.